The molecule has 122 valence electrons. The third kappa shape index (κ3) is 5.63. The van der Waals surface area contributed by atoms with Crippen LogP contribution in [0.25, 0.3) is 0 Å². The number of likely N-dealkylation sites (N-methyl/N-ethyl adjacent to an activating group) is 1. The van der Waals surface area contributed by atoms with E-state index in [4.69, 9.17) is 9.84 Å². The molecule has 1 atom stereocenters. The van der Waals surface area contributed by atoms with Gasteiger partial charge in [0.05, 0.1) is 6.54 Å². The number of carboxylic acid groups (broad SMARTS) is 1. The Morgan fingerprint density at radius 1 is 1.23 bits per heavy atom. The van der Waals surface area contributed by atoms with Crippen molar-refractivity contribution in [2.45, 2.75) is 19.0 Å². The Balaban J connectivity index is 2.46. The van der Waals surface area contributed by atoms with Gasteiger partial charge in [0.25, 0.3) is 6.43 Å². The summed E-state index contributed by atoms with van der Waals surface area (Å²) < 4.78 is 42.7. The van der Waals surface area contributed by atoms with Gasteiger partial charge in [0.2, 0.25) is 5.78 Å². The molecule has 0 aromatic heterocycles. The number of hydrogen-bond acceptors (Lipinski definition) is 3. The van der Waals surface area contributed by atoms with Crippen LogP contribution >= 0.6 is 0 Å². The average molecular weight is 319 g/mol. The van der Waals surface area contributed by atoms with Crippen molar-refractivity contribution in [3.05, 3.63) is 29.8 Å². The molecule has 22 heavy (non-hydrogen) atoms. The maximum absolute atomic E-state index is 13.3. The molecular formula is C14H16F3NO4. The highest BCUT2D eigenvalue weighted by Crippen LogP contribution is 2.16. The summed E-state index contributed by atoms with van der Waals surface area (Å²) in [6, 6.07) is 5.91. The summed E-state index contributed by atoms with van der Waals surface area (Å²) in [7, 11) is 1.40. The van der Waals surface area contributed by atoms with Crippen molar-refractivity contribution in [1.82, 2.24) is 4.90 Å². The first kappa shape index (κ1) is 17.8. The van der Waals surface area contributed by atoms with Crippen LogP contribution in [0.2, 0.25) is 0 Å². The van der Waals surface area contributed by atoms with E-state index in [0.717, 1.165) is 4.90 Å². The molecule has 1 amide bonds. The lowest BCUT2D eigenvalue weighted by Crippen LogP contribution is -2.29. The number of carbonyl (C=O) groups excluding carboxylic acids is 1. The van der Waals surface area contributed by atoms with Crippen LogP contribution in [-0.2, 0) is 11.2 Å². The van der Waals surface area contributed by atoms with E-state index in [1.807, 2.05) is 0 Å². The molecule has 0 aliphatic carbocycles. The molecule has 0 spiro atoms. The van der Waals surface area contributed by atoms with Crippen LogP contribution in [0.3, 0.4) is 0 Å². The molecule has 5 nitrogen and oxygen atoms in total. The molecule has 0 saturated heterocycles. The average Bonchev–Trinajstić information content (AvgIpc) is 2.47. The van der Waals surface area contributed by atoms with Gasteiger partial charge in [-0.15, -0.1) is 0 Å². The summed E-state index contributed by atoms with van der Waals surface area (Å²) in [5.41, 5.74) is 0.386. The highest BCUT2D eigenvalue weighted by molar-refractivity contribution is 5.86. The van der Waals surface area contributed by atoms with Gasteiger partial charge in [0.15, 0.2) is 6.17 Å². The highest BCUT2D eigenvalue weighted by atomic mass is 19.3. The van der Waals surface area contributed by atoms with Crippen LogP contribution in [0.4, 0.5) is 18.0 Å². The van der Waals surface area contributed by atoms with Crippen LogP contribution in [0.15, 0.2) is 24.3 Å². The topological polar surface area (TPSA) is 66.8 Å². The zero-order chi connectivity index (χ0) is 16.7. The zero-order valence-corrected chi connectivity index (χ0v) is 11.8. The number of carbonyl (C=O) groups is 2. The molecule has 0 fully saturated rings. The van der Waals surface area contributed by atoms with Gasteiger partial charge in [-0.05, 0) is 17.7 Å². The molecule has 0 heterocycles. The quantitative estimate of drug-likeness (QED) is 0.799. The van der Waals surface area contributed by atoms with E-state index in [2.05, 4.69) is 0 Å². The fourth-order valence-electron chi connectivity index (χ4n) is 1.56. The van der Waals surface area contributed by atoms with Crippen LogP contribution in [0, 0.1) is 0 Å². The van der Waals surface area contributed by atoms with Gasteiger partial charge in [-0.25, -0.2) is 18.0 Å². The number of hydrogen-bond donors (Lipinski definition) is 1. The van der Waals surface area contributed by atoms with E-state index in [-0.39, 0.29) is 13.2 Å². The van der Waals surface area contributed by atoms with E-state index >= 15 is 0 Å². The second-order valence-corrected chi connectivity index (χ2v) is 4.57. The molecule has 0 aliphatic rings. The number of Topliss-reactive ketones (excluding diaryl/α,β-unsaturated/α-hetero) is 1. The minimum absolute atomic E-state index is 0.137. The zero-order valence-electron chi connectivity index (χ0n) is 11.8. The minimum Gasteiger partial charge on any atom is -0.492 e. The SMILES string of the molecule is CN(CCOc1ccc(CC(F)C(=O)C(F)F)cc1)C(=O)O. The first-order valence-electron chi connectivity index (χ1n) is 6.43. The van der Waals surface area contributed by atoms with Crippen LogP contribution in [-0.4, -0.2) is 54.7 Å². The van der Waals surface area contributed by atoms with Crippen LogP contribution in [0.5, 0.6) is 5.75 Å². The lowest BCUT2D eigenvalue weighted by molar-refractivity contribution is -0.134. The van der Waals surface area contributed by atoms with Gasteiger partial charge < -0.3 is 14.7 Å². The molecule has 8 heteroatoms. The molecular weight excluding hydrogens is 303 g/mol. The number of nitrogens with zero attached hydrogens (tertiary/aromatic N) is 1. The lowest BCUT2D eigenvalue weighted by Gasteiger charge is -2.13. The van der Waals surface area contributed by atoms with Gasteiger partial charge in [-0.1, -0.05) is 12.1 Å². The largest absolute Gasteiger partial charge is 0.492 e. The summed E-state index contributed by atoms with van der Waals surface area (Å²) >= 11 is 0. The van der Waals surface area contributed by atoms with Crippen molar-refractivity contribution in [2.24, 2.45) is 0 Å². The molecule has 1 aromatic rings. The minimum atomic E-state index is -3.32. The Morgan fingerprint density at radius 3 is 2.32 bits per heavy atom. The third-order valence-electron chi connectivity index (χ3n) is 2.88. The first-order valence-corrected chi connectivity index (χ1v) is 6.43. The molecule has 0 radical (unpaired) electrons. The third-order valence-corrected chi connectivity index (χ3v) is 2.88. The van der Waals surface area contributed by atoms with Gasteiger partial charge in [0, 0.05) is 13.5 Å². The van der Waals surface area contributed by atoms with Crippen LogP contribution < -0.4 is 4.74 Å². The van der Waals surface area contributed by atoms with Gasteiger partial charge >= 0.3 is 6.09 Å². The fourth-order valence-corrected chi connectivity index (χ4v) is 1.56. The Labute approximate surface area is 125 Å². The Morgan fingerprint density at radius 2 is 1.82 bits per heavy atom. The van der Waals surface area contributed by atoms with E-state index in [1.165, 1.54) is 31.3 Å². The molecule has 0 saturated carbocycles. The van der Waals surface area contributed by atoms with E-state index < -0.39 is 30.9 Å². The number of ketones is 1. The number of rotatable bonds is 8. The number of alkyl halides is 3. The van der Waals surface area contributed by atoms with Gasteiger partial charge in [-0.2, -0.15) is 0 Å². The van der Waals surface area contributed by atoms with Crippen molar-refractivity contribution in [3.8, 4) is 5.75 Å². The lowest BCUT2D eigenvalue weighted by atomic mass is 10.1. The smallest absolute Gasteiger partial charge is 0.407 e. The fraction of sp³-hybridized carbons (Fsp3) is 0.429. The maximum Gasteiger partial charge on any atom is 0.407 e. The van der Waals surface area contributed by atoms with Crippen molar-refractivity contribution >= 4 is 11.9 Å². The number of ether oxygens (including phenoxy) is 1. The summed E-state index contributed by atoms with van der Waals surface area (Å²) in [6.45, 7) is 0.310. The van der Waals surface area contributed by atoms with Crippen molar-refractivity contribution in [2.75, 3.05) is 20.2 Å². The molecule has 0 bridgehead atoms. The predicted molar refractivity (Wildman–Crippen MR) is 72.2 cm³/mol. The van der Waals surface area contributed by atoms with Crippen molar-refractivity contribution < 1.29 is 32.6 Å². The Kier molecular flexibility index (Phi) is 6.68. The van der Waals surface area contributed by atoms with E-state index in [0.29, 0.717) is 11.3 Å². The van der Waals surface area contributed by atoms with E-state index in [9.17, 15) is 22.8 Å². The number of amides is 1. The molecule has 1 N–H and O–H groups in total. The number of benzene rings is 1. The highest BCUT2D eigenvalue weighted by Gasteiger charge is 2.26. The van der Waals surface area contributed by atoms with Crippen molar-refractivity contribution in [3.63, 3.8) is 0 Å². The molecule has 0 aliphatic heterocycles. The summed E-state index contributed by atoms with van der Waals surface area (Å²) in [4.78, 5) is 22.4. The van der Waals surface area contributed by atoms with Gasteiger partial charge in [0.1, 0.15) is 12.4 Å². The second-order valence-electron chi connectivity index (χ2n) is 4.57. The van der Waals surface area contributed by atoms with E-state index in [1.54, 1.807) is 0 Å². The summed E-state index contributed by atoms with van der Waals surface area (Å²) in [6.07, 6.45) is -7.05. The maximum atomic E-state index is 13.3. The normalized spacial score (nSPS) is 12.0. The van der Waals surface area contributed by atoms with Gasteiger partial charge in [-0.3, -0.25) is 4.79 Å². The Hall–Kier alpha value is -2.25. The number of halogens is 3. The first-order chi connectivity index (χ1) is 10.3. The molecule has 1 aromatic carbocycles. The van der Waals surface area contributed by atoms with Crippen LogP contribution in [0.1, 0.15) is 5.56 Å². The monoisotopic (exact) mass is 319 g/mol. The summed E-state index contributed by atoms with van der Waals surface area (Å²) in [5.74, 6) is -1.30. The van der Waals surface area contributed by atoms with Crippen molar-refractivity contribution in [1.29, 1.82) is 0 Å². The second kappa shape index (κ2) is 8.26. The Bertz CT molecular complexity index is 507. The molecule has 1 unspecified atom stereocenters. The summed E-state index contributed by atoms with van der Waals surface area (Å²) in [5, 5.41) is 8.64. The molecule has 1 rings (SSSR count). The standard InChI is InChI=1S/C14H16F3NO4/c1-18(14(20)21)6-7-22-10-4-2-9(3-5-10)8-11(15)12(19)13(16)17/h2-5,11,13H,6-8H2,1H3,(H,20,21). The predicted octanol–water partition coefficient (Wildman–Crippen LogP) is 2.39.